The number of halogens is 2. The summed E-state index contributed by atoms with van der Waals surface area (Å²) in [5.74, 6) is 0.899. The fraction of sp³-hybridized carbons (Fsp3) is 0.625. The second-order valence-electron chi connectivity index (χ2n) is 6.15. The van der Waals surface area contributed by atoms with Crippen molar-refractivity contribution < 1.29 is 4.74 Å². The molecule has 0 amide bonds. The molecule has 0 radical (unpaired) electrons. The summed E-state index contributed by atoms with van der Waals surface area (Å²) in [5.41, 5.74) is 1.34. The van der Waals surface area contributed by atoms with E-state index in [9.17, 15) is 0 Å². The van der Waals surface area contributed by atoms with E-state index >= 15 is 0 Å². The monoisotopic (exact) mass is 374 g/mol. The number of nitrogens with one attached hydrogen (secondary N) is 1. The number of fused-ring (bicyclic) bond motifs is 2. The maximum atomic E-state index is 5.29. The van der Waals surface area contributed by atoms with Gasteiger partial charge in [0.1, 0.15) is 5.75 Å². The van der Waals surface area contributed by atoms with Gasteiger partial charge in [0, 0.05) is 24.7 Å². The molecule has 3 nitrogen and oxygen atoms in total. The van der Waals surface area contributed by atoms with Crippen molar-refractivity contribution in [3.8, 4) is 5.75 Å². The maximum absolute atomic E-state index is 5.29. The van der Waals surface area contributed by atoms with Crippen molar-refractivity contribution in [2.75, 3.05) is 14.2 Å². The van der Waals surface area contributed by atoms with Crippen molar-refractivity contribution in [1.29, 1.82) is 0 Å². The van der Waals surface area contributed by atoms with E-state index in [0.717, 1.165) is 34.9 Å². The van der Waals surface area contributed by atoms with Gasteiger partial charge in [-0.3, -0.25) is 4.90 Å². The third-order valence-corrected chi connectivity index (χ3v) is 5.34. The largest absolute Gasteiger partial charge is 0.496 e. The first-order valence-electron chi connectivity index (χ1n) is 7.44. The molecule has 0 spiro atoms. The minimum absolute atomic E-state index is 0. The predicted octanol–water partition coefficient (Wildman–Crippen LogP) is 3.59. The Kier molecular flexibility index (Phi) is 5.95. The van der Waals surface area contributed by atoms with E-state index in [4.69, 9.17) is 4.74 Å². The zero-order chi connectivity index (χ0) is 14.1. The molecule has 2 aliphatic rings. The molecule has 1 N–H and O–H groups in total. The maximum Gasteiger partial charge on any atom is 0.133 e. The van der Waals surface area contributed by atoms with Crippen molar-refractivity contribution >= 4 is 28.3 Å². The number of methoxy groups -OCH3 is 1. The van der Waals surface area contributed by atoms with Crippen molar-refractivity contribution in [3.63, 3.8) is 0 Å². The van der Waals surface area contributed by atoms with Crippen molar-refractivity contribution in [3.05, 3.63) is 28.2 Å². The zero-order valence-corrected chi connectivity index (χ0v) is 15.0. The molecule has 2 fully saturated rings. The van der Waals surface area contributed by atoms with Crippen molar-refractivity contribution in [2.24, 2.45) is 0 Å². The molecule has 118 valence electrons. The van der Waals surface area contributed by atoms with Gasteiger partial charge in [0.05, 0.1) is 11.6 Å². The molecule has 0 aromatic heterocycles. The Morgan fingerprint density at radius 1 is 1.29 bits per heavy atom. The van der Waals surface area contributed by atoms with Crippen LogP contribution in [0.3, 0.4) is 0 Å². The van der Waals surface area contributed by atoms with Gasteiger partial charge in [0.15, 0.2) is 0 Å². The summed E-state index contributed by atoms with van der Waals surface area (Å²) >= 11 is 3.57. The molecule has 0 saturated carbocycles. The molecule has 2 bridgehead atoms. The van der Waals surface area contributed by atoms with Gasteiger partial charge in [-0.1, -0.05) is 6.07 Å². The van der Waals surface area contributed by atoms with E-state index < -0.39 is 0 Å². The zero-order valence-electron chi connectivity index (χ0n) is 12.6. The summed E-state index contributed by atoms with van der Waals surface area (Å²) in [5, 5.41) is 3.71. The van der Waals surface area contributed by atoms with E-state index in [2.05, 4.69) is 45.3 Å². The molecule has 1 aromatic carbocycles. The van der Waals surface area contributed by atoms with E-state index in [1.54, 1.807) is 7.11 Å². The highest BCUT2D eigenvalue weighted by Crippen LogP contribution is 2.31. The third kappa shape index (κ3) is 3.92. The highest BCUT2D eigenvalue weighted by Gasteiger charge is 2.34. The van der Waals surface area contributed by atoms with Crippen LogP contribution >= 0.6 is 28.3 Å². The summed E-state index contributed by atoms with van der Waals surface area (Å²) < 4.78 is 6.33. The van der Waals surface area contributed by atoms with Gasteiger partial charge in [-0.15, -0.1) is 12.4 Å². The van der Waals surface area contributed by atoms with E-state index in [1.807, 2.05) is 6.07 Å². The fourth-order valence-electron chi connectivity index (χ4n) is 3.61. The van der Waals surface area contributed by atoms with Crippen LogP contribution in [-0.2, 0) is 6.54 Å². The lowest BCUT2D eigenvalue weighted by atomic mass is 9.98. The molecule has 2 unspecified atom stereocenters. The van der Waals surface area contributed by atoms with Gasteiger partial charge in [0.2, 0.25) is 0 Å². The Bertz CT molecular complexity index is 473. The molecular formula is C16H24BrClN2O. The van der Waals surface area contributed by atoms with Crippen LogP contribution in [0.25, 0.3) is 0 Å². The summed E-state index contributed by atoms with van der Waals surface area (Å²) in [6.45, 7) is 1.01. The summed E-state index contributed by atoms with van der Waals surface area (Å²) in [6.07, 6.45) is 5.32. The van der Waals surface area contributed by atoms with Crippen LogP contribution < -0.4 is 10.1 Å². The van der Waals surface area contributed by atoms with Gasteiger partial charge in [0.25, 0.3) is 0 Å². The number of ether oxygens (including phenoxy) is 1. The van der Waals surface area contributed by atoms with Gasteiger partial charge >= 0.3 is 0 Å². The SMILES string of the molecule is COc1ccc(CN(C)C2CC3CCC(C2)N3)cc1Br.Cl. The lowest BCUT2D eigenvalue weighted by Crippen LogP contribution is -2.46. The van der Waals surface area contributed by atoms with Crippen LogP contribution in [-0.4, -0.2) is 37.2 Å². The Morgan fingerprint density at radius 3 is 2.52 bits per heavy atom. The summed E-state index contributed by atoms with van der Waals surface area (Å²) in [4.78, 5) is 2.51. The molecule has 2 atom stereocenters. The van der Waals surface area contributed by atoms with Gasteiger partial charge in [-0.2, -0.15) is 0 Å². The minimum atomic E-state index is 0. The predicted molar refractivity (Wildman–Crippen MR) is 92.4 cm³/mol. The smallest absolute Gasteiger partial charge is 0.133 e. The highest BCUT2D eigenvalue weighted by molar-refractivity contribution is 9.10. The van der Waals surface area contributed by atoms with Gasteiger partial charge in [-0.25, -0.2) is 0 Å². The average Bonchev–Trinajstić information content (AvgIpc) is 2.77. The first-order chi connectivity index (χ1) is 9.65. The second kappa shape index (κ2) is 7.32. The van der Waals surface area contributed by atoms with Crippen molar-refractivity contribution in [2.45, 2.75) is 50.4 Å². The average molecular weight is 376 g/mol. The standard InChI is InChI=1S/C16H23BrN2O.ClH/c1-19(14-8-12-4-5-13(9-14)18-12)10-11-3-6-16(20-2)15(17)7-11;/h3,6-7,12-14,18H,4-5,8-10H2,1-2H3;1H. The molecule has 2 aliphatic heterocycles. The summed E-state index contributed by atoms with van der Waals surface area (Å²) in [7, 11) is 3.96. The van der Waals surface area contributed by atoms with E-state index in [-0.39, 0.29) is 12.4 Å². The van der Waals surface area contributed by atoms with Crippen LogP contribution in [0.2, 0.25) is 0 Å². The lowest BCUT2D eigenvalue weighted by Gasteiger charge is -2.35. The van der Waals surface area contributed by atoms with E-state index in [1.165, 1.54) is 31.2 Å². The van der Waals surface area contributed by atoms with E-state index in [0.29, 0.717) is 0 Å². The van der Waals surface area contributed by atoms with Crippen LogP contribution in [0, 0.1) is 0 Å². The van der Waals surface area contributed by atoms with Gasteiger partial charge < -0.3 is 10.1 Å². The Labute approximate surface area is 142 Å². The topological polar surface area (TPSA) is 24.5 Å². The van der Waals surface area contributed by atoms with Crippen LogP contribution in [0.15, 0.2) is 22.7 Å². The molecule has 2 saturated heterocycles. The first-order valence-corrected chi connectivity index (χ1v) is 8.23. The number of hydrogen-bond donors (Lipinski definition) is 1. The highest BCUT2D eigenvalue weighted by atomic mass is 79.9. The lowest BCUT2D eigenvalue weighted by molar-refractivity contribution is 0.166. The molecule has 0 aliphatic carbocycles. The number of benzene rings is 1. The fourth-order valence-corrected chi connectivity index (χ4v) is 4.20. The molecule has 1 aromatic rings. The molecule has 21 heavy (non-hydrogen) atoms. The van der Waals surface area contributed by atoms with Crippen LogP contribution in [0.4, 0.5) is 0 Å². The molecule has 3 rings (SSSR count). The molecular weight excluding hydrogens is 352 g/mol. The van der Waals surface area contributed by atoms with Gasteiger partial charge in [-0.05, 0) is 66.4 Å². The van der Waals surface area contributed by atoms with Crippen molar-refractivity contribution in [1.82, 2.24) is 10.2 Å². The number of rotatable bonds is 4. The Hall–Kier alpha value is -0.290. The Morgan fingerprint density at radius 2 is 1.95 bits per heavy atom. The number of hydrogen-bond acceptors (Lipinski definition) is 3. The van der Waals surface area contributed by atoms with Crippen LogP contribution in [0.1, 0.15) is 31.2 Å². The quantitative estimate of drug-likeness (QED) is 0.870. The normalized spacial score (nSPS) is 27.5. The summed E-state index contributed by atoms with van der Waals surface area (Å²) in [6, 6.07) is 8.60. The third-order valence-electron chi connectivity index (χ3n) is 4.72. The molecule has 2 heterocycles. The molecule has 5 heteroatoms. The second-order valence-corrected chi connectivity index (χ2v) is 7.00. The van der Waals surface area contributed by atoms with Crippen LogP contribution in [0.5, 0.6) is 5.75 Å². The number of nitrogens with zero attached hydrogens (tertiary/aromatic N) is 1. The Balaban J connectivity index is 0.00000161. The number of piperidine rings is 1. The first kappa shape index (κ1) is 17.1. The minimum Gasteiger partial charge on any atom is -0.496 e.